The molecule has 0 saturated carbocycles. The van der Waals surface area contributed by atoms with Crippen molar-refractivity contribution in [1.29, 1.82) is 0 Å². The lowest BCUT2D eigenvalue weighted by molar-refractivity contribution is 0.0909. The number of nitrogens with zero attached hydrogens (tertiary/aromatic N) is 1. The van der Waals surface area contributed by atoms with Crippen molar-refractivity contribution in [1.82, 2.24) is 10.2 Å². The topological polar surface area (TPSA) is 79.6 Å². The highest BCUT2D eigenvalue weighted by molar-refractivity contribution is 7.89. The number of amides is 1. The standard InChI is InChI=1S/C21H27ClN2O4S/c1-16-4-2-3-12-24(16)13-11-23-21(25)20-10-9-19(28-20)15-29(26,27)14-17-5-7-18(22)8-6-17/h5-10,16H,2-4,11-15H2,1H3,(H,23,25). The average molecular weight is 439 g/mol. The molecule has 3 rings (SSSR count). The fraction of sp³-hybridized carbons (Fsp3) is 0.476. The number of hydrogen-bond donors (Lipinski definition) is 1. The van der Waals surface area contributed by atoms with E-state index < -0.39 is 9.84 Å². The third kappa shape index (κ3) is 6.59. The first-order chi connectivity index (χ1) is 13.8. The second-order valence-corrected chi connectivity index (χ2v) is 10.1. The molecule has 1 aliphatic rings. The van der Waals surface area contributed by atoms with Crippen LogP contribution in [0.4, 0.5) is 0 Å². The van der Waals surface area contributed by atoms with E-state index in [-0.39, 0.29) is 28.9 Å². The van der Waals surface area contributed by atoms with Gasteiger partial charge < -0.3 is 9.73 Å². The molecule has 1 aliphatic heterocycles. The van der Waals surface area contributed by atoms with Crippen LogP contribution in [-0.2, 0) is 21.3 Å². The minimum absolute atomic E-state index is 0.111. The maximum absolute atomic E-state index is 12.4. The van der Waals surface area contributed by atoms with Gasteiger partial charge in [-0.25, -0.2) is 8.42 Å². The largest absolute Gasteiger partial charge is 0.455 e. The molecule has 1 N–H and O–H groups in total. The Bertz CT molecular complexity index is 924. The molecule has 1 atom stereocenters. The molecule has 158 valence electrons. The molecule has 2 aromatic rings. The highest BCUT2D eigenvalue weighted by atomic mass is 35.5. The van der Waals surface area contributed by atoms with Gasteiger partial charge >= 0.3 is 0 Å². The number of sulfone groups is 1. The average Bonchev–Trinajstić information content (AvgIpc) is 3.12. The third-order valence-electron chi connectivity index (χ3n) is 5.17. The summed E-state index contributed by atoms with van der Waals surface area (Å²) in [6.07, 6.45) is 3.66. The van der Waals surface area contributed by atoms with Crippen molar-refractivity contribution in [3.63, 3.8) is 0 Å². The van der Waals surface area contributed by atoms with E-state index in [1.54, 1.807) is 30.3 Å². The number of rotatable bonds is 8. The quantitative estimate of drug-likeness (QED) is 0.680. The Morgan fingerprint density at radius 3 is 2.66 bits per heavy atom. The van der Waals surface area contributed by atoms with Gasteiger partial charge in [0, 0.05) is 24.2 Å². The molecular formula is C21H27ClN2O4S. The van der Waals surface area contributed by atoms with Crippen LogP contribution in [0.1, 0.15) is 48.1 Å². The van der Waals surface area contributed by atoms with Crippen LogP contribution >= 0.6 is 11.6 Å². The number of carbonyl (C=O) groups is 1. The lowest BCUT2D eigenvalue weighted by Crippen LogP contribution is -2.42. The minimum Gasteiger partial charge on any atom is -0.455 e. The number of likely N-dealkylation sites (tertiary alicyclic amines) is 1. The number of carbonyl (C=O) groups excluding carboxylic acids is 1. The highest BCUT2D eigenvalue weighted by Crippen LogP contribution is 2.18. The third-order valence-corrected chi connectivity index (χ3v) is 6.92. The van der Waals surface area contributed by atoms with Gasteiger partial charge in [-0.05, 0) is 56.1 Å². The molecule has 1 amide bonds. The van der Waals surface area contributed by atoms with Crippen LogP contribution in [0.5, 0.6) is 0 Å². The summed E-state index contributed by atoms with van der Waals surface area (Å²) in [7, 11) is -3.43. The molecule has 1 aromatic heterocycles. The first kappa shape index (κ1) is 21.9. The van der Waals surface area contributed by atoms with Crippen molar-refractivity contribution < 1.29 is 17.6 Å². The second kappa shape index (κ2) is 9.78. The molecule has 1 aromatic carbocycles. The molecule has 1 saturated heterocycles. The molecule has 0 aliphatic carbocycles. The summed E-state index contributed by atoms with van der Waals surface area (Å²) in [5.41, 5.74) is 0.658. The predicted octanol–water partition coefficient (Wildman–Crippen LogP) is 3.65. The molecule has 0 bridgehead atoms. The van der Waals surface area contributed by atoms with Crippen LogP contribution < -0.4 is 5.32 Å². The van der Waals surface area contributed by atoms with Gasteiger partial charge in [-0.15, -0.1) is 0 Å². The first-order valence-electron chi connectivity index (χ1n) is 9.88. The zero-order valence-corrected chi connectivity index (χ0v) is 18.1. The molecule has 0 radical (unpaired) electrons. The lowest BCUT2D eigenvalue weighted by atomic mass is 10.0. The first-order valence-corrected chi connectivity index (χ1v) is 12.1. The number of benzene rings is 1. The molecule has 0 spiro atoms. The van der Waals surface area contributed by atoms with E-state index in [2.05, 4.69) is 17.1 Å². The second-order valence-electron chi connectivity index (χ2n) is 7.56. The zero-order chi connectivity index (χ0) is 20.9. The predicted molar refractivity (Wildman–Crippen MR) is 114 cm³/mol. The Labute approximate surface area is 177 Å². The highest BCUT2D eigenvalue weighted by Gasteiger charge is 2.20. The van der Waals surface area contributed by atoms with Crippen molar-refractivity contribution in [2.24, 2.45) is 0 Å². The number of furan rings is 1. The van der Waals surface area contributed by atoms with Crippen molar-refractivity contribution >= 4 is 27.3 Å². The number of piperidine rings is 1. The van der Waals surface area contributed by atoms with Crippen LogP contribution in [0, 0.1) is 0 Å². The summed E-state index contributed by atoms with van der Waals surface area (Å²) in [6.45, 7) is 4.61. The minimum atomic E-state index is -3.43. The van der Waals surface area contributed by atoms with Crippen molar-refractivity contribution in [3.05, 3.63) is 58.5 Å². The Balaban J connectivity index is 1.50. The summed E-state index contributed by atoms with van der Waals surface area (Å²) in [4.78, 5) is 14.7. The van der Waals surface area contributed by atoms with Crippen molar-refractivity contribution in [2.75, 3.05) is 19.6 Å². The van der Waals surface area contributed by atoms with Gasteiger partial charge in [0.15, 0.2) is 15.6 Å². The number of nitrogens with one attached hydrogen (secondary N) is 1. The molecular weight excluding hydrogens is 412 g/mol. The molecule has 2 heterocycles. The maximum atomic E-state index is 12.4. The Hall–Kier alpha value is -1.83. The van der Waals surface area contributed by atoms with Gasteiger partial charge in [-0.1, -0.05) is 30.2 Å². The SMILES string of the molecule is CC1CCCCN1CCNC(=O)c1ccc(CS(=O)(=O)Cc2ccc(Cl)cc2)o1. The molecule has 29 heavy (non-hydrogen) atoms. The Morgan fingerprint density at radius 1 is 1.17 bits per heavy atom. The van der Waals surface area contributed by atoms with Crippen LogP contribution in [0.25, 0.3) is 0 Å². The van der Waals surface area contributed by atoms with E-state index in [1.807, 2.05) is 0 Å². The van der Waals surface area contributed by atoms with Gasteiger partial charge in [0.05, 0.1) is 5.75 Å². The van der Waals surface area contributed by atoms with Crippen LogP contribution in [0.15, 0.2) is 40.8 Å². The number of hydrogen-bond acceptors (Lipinski definition) is 5. The van der Waals surface area contributed by atoms with Crippen molar-refractivity contribution in [3.8, 4) is 0 Å². The molecule has 8 heteroatoms. The van der Waals surface area contributed by atoms with Crippen LogP contribution in [0.2, 0.25) is 5.02 Å². The van der Waals surface area contributed by atoms with Gasteiger partial charge in [0.25, 0.3) is 5.91 Å². The summed E-state index contributed by atoms with van der Waals surface area (Å²) in [5, 5.41) is 3.41. The summed E-state index contributed by atoms with van der Waals surface area (Å²) < 4.78 is 30.3. The Morgan fingerprint density at radius 2 is 1.93 bits per heavy atom. The van der Waals surface area contributed by atoms with Gasteiger partial charge in [0.2, 0.25) is 0 Å². The maximum Gasteiger partial charge on any atom is 0.287 e. The van der Waals surface area contributed by atoms with E-state index in [1.165, 1.54) is 25.3 Å². The summed E-state index contributed by atoms with van der Waals surface area (Å²) in [5.74, 6) is -0.299. The fourth-order valence-corrected chi connectivity index (χ4v) is 5.09. The molecule has 1 unspecified atom stereocenters. The lowest BCUT2D eigenvalue weighted by Gasteiger charge is -2.33. The van der Waals surface area contributed by atoms with Gasteiger partial charge in [-0.3, -0.25) is 9.69 Å². The van der Waals surface area contributed by atoms with Gasteiger partial charge in [0.1, 0.15) is 11.5 Å². The van der Waals surface area contributed by atoms with E-state index >= 15 is 0 Å². The molecule has 1 fully saturated rings. The van der Waals surface area contributed by atoms with Gasteiger partial charge in [-0.2, -0.15) is 0 Å². The molecule has 6 nitrogen and oxygen atoms in total. The normalized spacial score (nSPS) is 17.9. The monoisotopic (exact) mass is 438 g/mol. The fourth-order valence-electron chi connectivity index (χ4n) is 3.57. The van der Waals surface area contributed by atoms with E-state index in [0.29, 0.717) is 23.2 Å². The van der Waals surface area contributed by atoms with Crippen molar-refractivity contribution in [2.45, 2.75) is 43.7 Å². The van der Waals surface area contributed by atoms with E-state index in [9.17, 15) is 13.2 Å². The van der Waals surface area contributed by atoms with Crippen LogP contribution in [0.3, 0.4) is 0 Å². The summed E-state index contributed by atoms with van der Waals surface area (Å²) >= 11 is 5.83. The number of halogens is 1. The van der Waals surface area contributed by atoms with E-state index in [0.717, 1.165) is 13.1 Å². The summed E-state index contributed by atoms with van der Waals surface area (Å²) in [6, 6.07) is 10.3. The zero-order valence-electron chi connectivity index (χ0n) is 16.6. The van der Waals surface area contributed by atoms with Crippen LogP contribution in [-0.4, -0.2) is 44.9 Å². The van der Waals surface area contributed by atoms with E-state index in [4.69, 9.17) is 16.0 Å². The Kier molecular flexibility index (Phi) is 7.38. The smallest absolute Gasteiger partial charge is 0.287 e.